The Balaban J connectivity index is 2.17. The van der Waals surface area contributed by atoms with Crippen LogP contribution in [-0.4, -0.2) is 0 Å². The van der Waals surface area contributed by atoms with Crippen molar-refractivity contribution in [2.45, 2.75) is 45.4 Å². The molecule has 0 nitrogen and oxygen atoms in total. The monoisotopic (exact) mass is 276 g/mol. The molecule has 3 rings (SSSR count). The van der Waals surface area contributed by atoms with Gasteiger partial charge in [0.15, 0.2) is 0 Å². The summed E-state index contributed by atoms with van der Waals surface area (Å²) in [4.78, 5) is 0. The summed E-state index contributed by atoms with van der Waals surface area (Å²) in [7, 11) is 0. The van der Waals surface area contributed by atoms with Gasteiger partial charge in [-0.3, -0.25) is 0 Å². The van der Waals surface area contributed by atoms with Crippen LogP contribution in [0, 0.1) is 0 Å². The van der Waals surface area contributed by atoms with Crippen LogP contribution in [0.15, 0.2) is 16.1 Å². The predicted molar refractivity (Wildman–Crippen MR) is 72.8 cm³/mol. The number of halogens is 1. The smallest absolute Gasteiger partial charge is 0.0219 e. The summed E-state index contributed by atoms with van der Waals surface area (Å²) in [6.45, 7) is 2.26. The Morgan fingerprint density at radius 1 is 1.19 bits per heavy atom. The van der Waals surface area contributed by atoms with Crippen molar-refractivity contribution in [3.63, 3.8) is 0 Å². The highest BCUT2D eigenvalue weighted by atomic mass is 79.9. The fraction of sp³-hybridized carbons (Fsp3) is 0.467. The molecule has 1 aromatic carbocycles. The molecule has 2 aliphatic rings. The van der Waals surface area contributed by atoms with Crippen LogP contribution in [0.1, 0.15) is 48.4 Å². The molecule has 0 aliphatic heterocycles. The quantitative estimate of drug-likeness (QED) is 0.699. The molecule has 0 radical (unpaired) electrons. The third-order valence-electron chi connectivity index (χ3n) is 3.96. The SMILES string of the molecule is CCC1=Cc2c(c(Br)cc3c2CCCC3)C1. The molecule has 0 saturated carbocycles. The normalized spacial score (nSPS) is 18.0. The Kier molecular flexibility index (Phi) is 2.67. The average Bonchev–Trinajstić information content (AvgIpc) is 2.74. The van der Waals surface area contributed by atoms with E-state index in [0.29, 0.717) is 0 Å². The second kappa shape index (κ2) is 4.03. The van der Waals surface area contributed by atoms with E-state index in [1.807, 2.05) is 0 Å². The van der Waals surface area contributed by atoms with Crippen molar-refractivity contribution in [2.24, 2.45) is 0 Å². The lowest BCUT2D eigenvalue weighted by atomic mass is 9.87. The zero-order chi connectivity index (χ0) is 11.1. The zero-order valence-electron chi connectivity index (χ0n) is 9.78. The van der Waals surface area contributed by atoms with Gasteiger partial charge in [0.2, 0.25) is 0 Å². The molecule has 0 fully saturated rings. The molecule has 0 bridgehead atoms. The van der Waals surface area contributed by atoms with Gasteiger partial charge in [-0.15, -0.1) is 0 Å². The van der Waals surface area contributed by atoms with Gasteiger partial charge in [0.1, 0.15) is 0 Å². The van der Waals surface area contributed by atoms with Gasteiger partial charge in [-0.2, -0.15) is 0 Å². The molecule has 0 aromatic heterocycles. The summed E-state index contributed by atoms with van der Waals surface area (Å²) in [5.41, 5.74) is 7.92. The van der Waals surface area contributed by atoms with Crippen molar-refractivity contribution >= 4 is 22.0 Å². The molecule has 1 aromatic rings. The maximum Gasteiger partial charge on any atom is 0.0219 e. The Morgan fingerprint density at radius 3 is 2.81 bits per heavy atom. The Bertz CT molecular complexity index is 469. The zero-order valence-corrected chi connectivity index (χ0v) is 11.4. The van der Waals surface area contributed by atoms with Crippen LogP contribution in [0.4, 0.5) is 0 Å². The first-order valence-electron chi connectivity index (χ1n) is 6.32. The minimum Gasteiger partial charge on any atom is -0.0654 e. The molecular formula is C15H17Br. The van der Waals surface area contributed by atoms with Gasteiger partial charge >= 0.3 is 0 Å². The van der Waals surface area contributed by atoms with Crippen molar-refractivity contribution < 1.29 is 0 Å². The molecule has 84 valence electrons. The highest BCUT2D eigenvalue weighted by Crippen LogP contribution is 2.39. The standard InChI is InChI=1S/C15H17Br/c1-2-10-7-13-12-6-4-3-5-11(12)9-15(16)14(13)8-10/h7,9H,2-6,8H2,1H3. The molecule has 0 spiro atoms. The van der Waals surface area contributed by atoms with E-state index < -0.39 is 0 Å². The van der Waals surface area contributed by atoms with Crippen LogP contribution in [0.2, 0.25) is 0 Å². The first kappa shape index (κ1) is 10.6. The molecule has 0 unspecified atom stereocenters. The van der Waals surface area contributed by atoms with Gasteiger partial charge < -0.3 is 0 Å². The number of hydrogen-bond donors (Lipinski definition) is 0. The molecule has 0 amide bonds. The van der Waals surface area contributed by atoms with Gasteiger partial charge in [-0.1, -0.05) is 34.5 Å². The van der Waals surface area contributed by atoms with E-state index in [1.165, 1.54) is 48.6 Å². The van der Waals surface area contributed by atoms with Crippen molar-refractivity contribution in [3.05, 3.63) is 38.4 Å². The van der Waals surface area contributed by atoms with E-state index in [0.717, 1.165) is 0 Å². The number of benzene rings is 1. The lowest BCUT2D eigenvalue weighted by Gasteiger charge is -2.20. The number of aryl methyl sites for hydroxylation is 1. The number of hydrogen-bond acceptors (Lipinski definition) is 0. The average molecular weight is 277 g/mol. The van der Waals surface area contributed by atoms with Crippen molar-refractivity contribution in [2.75, 3.05) is 0 Å². The third-order valence-corrected chi connectivity index (χ3v) is 4.66. The van der Waals surface area contributed by atoms with E-state index >= 15 is 0 Å². The molecule has 0 N–H and O–H groups in total. The molecule has 1 heteroatoms. The van der Waals surface area contributed by atoms with Gasteiger partial charge in [-0.25, -0.2) is 0 Å². The van der Waals surface area contributed by atoms with E-state index in [9.17, 15) is 0 Å². The number of allylic oxidation sites excluding steroid dienone is 1. The molecule has 0 heterocycles. The van der Waals surface area contributed by atoms with Crippen LogP contribution in [0.3, 0.4) is 0 Å². The summed E-state index contributed by atoms with van der Waals surface area (Å²) in [6, 6.07) is 2.37. The molecule has 0 atom stereocenters. The van der Waals surface area contributed by atoms with E-state index in [-0.39, 0.29) is 0 Å². The fourth-order valence-corrected chi connectivity index (χ4v) is 3.64. The summed E-state index contributed by atoms with van der Waals surface area (Å²) in [5.74, 6) is 0. The maximum atomic E-state index is 3.75. The second-order valence-electron chi connectivity index (χ2n) is 4.93. The maximum absolute atomic E-state index is 3.75. The molecule has 16 heavy (non-hydrogen) atoms. The van der Waals surface area contributed by atoms with Gasteiger partial charge in [-0.05, 0) is 66.8 Å². The first-order chi connectivity index (χ1) is 7.79. The number of rotatable bonds is 1. The lowest BCUT2D eigenvalue weighted by Crippen LogP contribution is -2.06. The van der Waals surface area contributed by atoms with E-state index in [1.54, 1.807) is 22.3 Å². The summed E-state index contributed by atoms with van der Waals surface area (Å²) >= 11 is 3.75. The summed E-state index contributed by atoms with van der Waals surface area (Å²) in [5, 5.41) is 0. The molecule has 0 saturated heterocycles. The highest BCUT2D eigenvalue weighted by Gasteiger charge is 2.22. The third kappa shape index (κ3) is 1.57. The van der Waals surface area contributed by atoms with Crippen molar-refractivity contribution in [3.8, 4) is 0 Å². The fourth-order valence-electron chi connectivity index (χ4n) is 3.01. The van der Waals surface area contributed by atoms with Crippen LogP contribution < -0.4 is 0 Å². The Labute approximate surface area is 106 Å². The van der Waals surface area contributed by atoms with Crippen molar-refractivity contribution in [1.82, 2.24) is 0 Å². The number of fused-ring (bicyclic) bond motifs is 3. The van der Waals surface area contributed by atoms with Gasteiger partial charge in [0.05, 0.1) is 0 Å². The van der Waals surface area contributed by atoms with Gasteiger partial charge in [0, 0.05) is 4.47 Å². The second-order valence-corrected chi connectivity index (χ2v) is 5.78. The molecule has 2 aliphatic carbocycles. The minimum absolute atomic E-state index is 1.17. The van der Waals surface area contributed by atoms with Crippen LogP contribution in [0.25, 0.3) is 6.08 Å². The molecular weight excluding hydrogens is 260 g/mol. The summed E-state index contributed by atoms with van der Waals surface area (Å²) in [6.07, 6.45) is 10.1. The predicted octanol–water partition coefficient (Wildman–Crippen LogP) is 4.68. The van der Waals surface area contributed by atoms with Crippen molar-refractivity contribution in [1.29, 1.82) is 0 Å². The van der Waals surface area contributed by atoms with E-state index in [4.69, 9.17) is 0 Å². The van der Waals surface area contributed by atoms with Crippen LogP contribution >= 0.6 is 15.9 Å². The van der Waals surface area contributed by atoms with Crippen LogP contribution in [0.5, 0.6) is 0 Å². The Hall–Kier alpha value is -0.560. The summed E-state index contributed by atoms with van der Waals surface area (Å²) < 4.78 is 1.34. The van der Waals surface area contributed by atoms with Crippen LogP contribution in [-0.2, 0) is 19.3 Å². The Morgan fingerprint density at radius 2 is 2.00 bits per heavy atom. The highest BCUT2D eigenvalue weighted by molar-refractivity contribution is 9.10. The topological polar surface area (TPSA) is 0 Å². The minimum atomic E-state index is 1.17. The van der Waals surface area contributed by atoms with Gasteiger partial charge in [0.25, 0.3) is 0 Å². The largest absolute Gasteiger partial charge is 0.0654 e. The first-order valence-corrected chi connectivity index (χ1v) is 7.11. The lowest BCUT2D eigenvalue weighted by molar-refractivity contribution is 0.683. The van der Waals surface area contributed by atoms with E-state index in [2.05, 4.69) is 35.0 Å².